The molecule has 0 atom stereocenters. The Labute approximate surface area is 122 Å². The summed E-state index contributed by atoms with van der Waals surface area (Å²) < 4.78 is 5.14. The summed E-state index contributed by atoms with van der Waals surface area (Å²) >= 11 is 0. The first-order chi connectivity index (χ1) is 9.97. The summed E-state index contributed by atoms with van der Waals surface area (Å²) in [5.74, 6) is -0.425. The fourth-order valence-corrected chi connectivity index (χ4v) is 2.96. The molecule has 1 aliphatic rings. The second-order valence-electron chi connectivity index (χ2n) is 5.61. The molecule has 1 fully saturated rings. The lowest BCUT2D eigenvalue weighted by Crippen LogP contribution is -2.44. The predicted octanol–water partition coefficient (Wildman–Crippen LogP) is 2.65. The molecule has 1 aliphatic heterocycles. The lowest BCUT2D eigenvalue weighted by atomic mass is 9.75. The number of carbonyl (C=O) groups is 1. The molecule has 1 N–H and O–H groups in total. The fraction of sp³-hybridized carbons (Fsp3) is 0.643. The van der Waals surface area contributed by atoms with Crippen molar-refractivity contribution in [3.8, 4) is 0 Å². The van der Waals surface area contributed by atoms with E-state index in [-0.39, 0.29) is 5.88 Å². The maximum atomic E-state index is 11.5. The minimum atomic E-state index is -0.711. The van der Waals surface area contributed by atoms with Gasteiger partial charge in [0.2, 0.25) is 0 Å². The molecule has 0 unspecified atom stereocenters. The average Bonchev–Trinajstić information content (AvgIpc) is 2.90. The molecule has 0 bridgehead atoms. The van der Waals surface area contributed by atoms with E-state index in [0.29, 0.717) is 44.7 Å². The number of nitro groups is 1. The lowest BCUT2D eigenvalue weighted by Gasteiger charge is -2.38. The van der Waals surface area contributed by atoms with Gasteiger partial charge in [-0.05, 0) is 38.4 Å². The van der Waals surface area contributed by atoms with Gasteiger partial charge in [0, 0.05) is 0 Å². The number of carboxylic acid groups (broad SMARTS) is 1. The highest BCUT2D eigenvalue weighted by Gasteiger charge is 2.40. The molecule has 1 aromatic heterocycles. The molecule has 0 aromatic carbocycles. The van der Waals surface area contributed by atoms with Crippen LogP contribution in [0, 0.1) is 15.5 Å². The van der Waals surface area contributed by atoms with Crippen LogP contribution in [0.15, 0.2) is 16.5 Å². The van der Waals surface area contributed by atoms with Crippen molar-refractivity contribution < 1.29 is 19.2 Å². The molecule has 0 radical (unpaired) electrons. The molecule has 0 amide bonds. The number of aliphatic carboxylic acids is 1. The Morgan fingerprint density at radius 3 is 2.62 bits per heavy atom. The Morgan fingerprint density at radius 2 is 2.14 bits per heavy atom. The number of hydrogen-bond donors (Lipinski definition) is 1. The van der Waals surface area contributed by atoms with Crippen LogP contribution in [-0.4, -0.2) is 34.0 Å². The summed E-state index contributed by atoms with van der Waals surface area (Å²) in [5, 5.41) is 20.0. The Bertz CT molecular complexity index is 517. The highest BCUT2D eigenvalue weighted by molar-refractivity contribution is 5.74. The van der Waals surface area contributed by atoms with Crippen LogP contribution in [0.1, 0.15) is 38.4 Å². The minimum Gasteiger partial charge on any atom is -0.481 e. The molecule has 7 nitrogen and oxygen atoms in total. The third kappa shape index (κ3) is 3.41. The van der Waals surface area contributed by atoms with Gasteiger partial charge in [-0.2, -0.15) is 0 Å². The Kier molecular flexibility index (Phi) is 4.62. The summed E-state index contributed by atoms with van der Waals surface area (Å²) in [6.45, 7) is 3.82. The van der Waals surface area contributed by atoms with Crippen molar-refractivity contribution in [2.45, 2.75) is 39.2 Å². The van der Waals surface area contributed by atoms with Crippen LogP contribution in [0.5, 0.6) is 0 Å². The maximum Gasteiger partial charge on any atom is 0.433 e. The van der Waals surface area contributed by atoms with E-state index in [1.807, 2.05) is 6.92 Å². The minimum absolute atomic E-state index is 0.257. The molecule has 1 saturated heterocycles. The second-order valence-corrected chi connectivity index (χ2v) is 5.61. The van der Waals surface area contributed by atoms with Gasteiger partial charge in [0.15, 0.2) is 0 Å². The molecule has 21 heavy (non-hydrogen) atoms. The zero-order chi connectivity index (χ0) is 15.5. The van der Waals surface area contributed by atoms with Crippen molar-refractivity contribution in [1.29, 1.82) is 0 Å². The van der Waals surface area contributed by atoms with E-state index in [2.05, 4.69) is 4.90 Å². The van der Waals surface area contributed by atoms with Crippen molar-refractivity contribution in [3.05, 3.63) is 28.0 Å². The van der Waals surface area contributed by atoms with Crippen molar-refractivity contribution in [1.82, 2.24) is 4.90 Å². The molecule has 1 aromatic rings. The van der Waals surface area contributed by atoms with E-state index in [1.165, 1.54) is 6.07 Å². The first kappa shape index (κ1) is 15.5. The molecule has 2 heterocycles. The van der Waals surface area contributed by atoms with E-state index < -0.39 is 16.3 Å². The molecule has 0 saturated carbocycles. The van der Waals surface area contributed by atoms with Crippen molar-refractivity contribution in [3.63, 3.8) is 0 Å². The standard InChI is InChI=1S/C14H20N2O5/c1-2-5-14(13(17)18)6-8-15(9-7-14)10-11-3-4-12(21-11)16(19)20/h3-4H,2,5-10H2,1H3,(H,17,18). The topological polar surface area (TPSA) is 96.8 Å². The summed E-state index contributed by atoms with van der Waals surface area (Å²) in [5.41, 5.74) is -0.611. The zero-order valence-corrected chi connectivity index (χ0v) is 12.1. The SMILES string of the molecule is CCCC1(C(=O)O)CCN(Cc2ccc([N+](=O)[O-])o2)CC1. The van der Waals surface area contributed by atoms with Crippen LogP contribution in [0.2, 0.25) is 0 Å². The highest BCUT2D eigenvalue weighted by atomic mass is 16.6. The smallest absolute Gasteiger partial charge is 0.433 e. The van der Waals surface area contributed by atoms with Gasteiger partial charge in [-0.25, -0.2) is 0 Å². The Hall–Kier alpha value is -1.89. The molecule has 116 valence electrons. The van der Waals surface area contributed by atoms with Crippen molar-refractivity contribution in [2.24, 2.45) is 5.41 Å². The van der Waals surface area contributed by atoms with Crippen LogP contribution in [0.3, 0.4) is 0 Å². The number of furan rings is 1. The Morgan fingerprint density at radius 1 is 1.48 bits per heavy atom. The number of nitrogens with zero attached hydrogens (tertiary/aromatic N) is 2. The van der Waals surface area contributed by atoms with Gasteiger partial charge in [0.25, 0.3) is 0 Å². The highest BCUT2D eigenvalue weighted by Crippen LogP contribution is 2.37. The fourth-order valence-electron chi connectivity index (χ4n) is 2.96. The number of carboxylic acids is 1. The number of rotatable bonds is 6. The largest absolute Gasteiger partial charge is 0.481 e. The van der Waals surface area contributed by atoms with Gasteiger partial charge < -0.3 is 9.52 Å². The van der Waals surface area contributed by atoms with Gasteiger partial charge in [-0.1, -0.05) is 13.3 Å². The molecule has 2 rings (SSSR count). The summed E-state index contributed by atoms with van der Waals surface area (Å²) in [7, 11) is 0. The van der Waals surface area contributed by atoms with E-state index in [9.17, 15) is 20.0 Å². The van der Waals surface area contributed by atoms with Crippen LogP contribution in [0.25, 0.3) is 0 Å². The first-order valence-electron chi connectivity index (χ1n) is 7.16. The molecule has 0 spiro atoms. The lowest BCUT2D eigenvalue weighted by molar-refractivity contribution is -0.402. The summed E-state index contributed by atoms with van der Waals surface area (Å²) in [6, 6.07) is 2.95. The predicted molar refractivity (Wildman–Crippen MR) is 74.9 cm³/mol. The summed E-state index contributed by atoms with van der Waals surface area (Å²) in [4.78, 5) is 23.6. The second kappa shape index (κ2) is 6.26. The van der Waals surface area contributed by atoms with E-state index in [4.69, 9.17) is 4.42 Å². The van der Waals surface area contributed by atoms with Crippen LogP contribution in [0.4, 0.5) is 5.88 Å². The van der Waals surface area contributed by atoms with E-state index in [1.54, 1.807) is 6.07 Å². The monoisotopic (exact) mass is 296 g/mol. The average molecular weight is 296 g/mol. The maximum absolute atomic E-state index is 11.5. The van der Waals surface area contributed by atoms with Gasteiger partial charge in [-0.3, -0.25) is 19.8 Å². The number of likely N-dealkylation sites (tertiary alicyclic amines) is 1. The van der Waals surface area contributed by atoms with Crippen LogP contribution in [-0.2, 0) is 11.3 Å². The van der Waals surface area contributed by atoms with Crippen molar-refractivity contribution >= 4 is 11.9 Å². The van der Waals surface area contributed by atoms with Gasteiger partial charge >= 0.3 is 11.9 Å². The van der Waals surface area contributed by atoms with E-state index in [0.717, 1.165) is 6.42 Å². The molecule has 0 aliphatic carbocycles. The molecular weight excluding hydrogens is 276 g/mol. The number of hydrogen-bond acceptors (Lipinski definition) is 5. The quantitative estimate of drug-likeness (QED) is 0.640. The number of piperidine rings is 1. The van der Waals surface area contributed by atoms with E-state index >= 15 is 0 Å². The van der Waals surface area contributed by atoms with Crippen molar-refractivity contribution in [2.75, 3.05) is 13.1 Å². The van der Waals surface area contributed by atoms with Gasteiger partial charge in [0.1, 0.15) is 10.7 Å². The first-order valence-corrected chi connectivity index (χ1v) is 7.16. The third-order valence-electron chi connectivity index (χ3n) is 4.20. The molecular formula is C14H20N2O5. The van der Waals surface area contributed by atoms with Gasteiger partial charge in [0.05, 0.1) is 18.0 Å². The normalized spacial score (nSPS) is 18.5. The van der Waals surface area contributed by atoms with Gasteiger partial charge in [-0.15, -0.1) is 0 Å². The third-order valence-corrected chi connectivity index (χ3v) is 4.20. The van der Waals surface area contributed by atoms with Crippen LogP contribution >= 0.6 is 0 Å². The molecule has 7 heteroatoms. The van der Waals surface area contributed by atoms with Crippen LogP contribution < -0.4 is 0 Å². The zero-order valence-electron chi connectivity index (χ0n) is 12.1. The Balaban J connectivity index is 1.94. The summed E-state index contributed by atoms with van der Waals surface area (Å²) in [6.07, 6.45) is 2.77.